The molecule has 1 saturated heterocycles. The number of hydrogen-bond acceptors (Lipinski definition) is 3. The molecule has 1 aromatic heterocycles. The molecule has 1 unspecified atom stereocenters. The maximum absolute atomic E-state index is 13.3. The summed E-state index contributed by atoms with van der Waals surface area (Å²) in [7, 11) is 1.65. The minimum absolute atomic E-state index is 0.0583. The van der Waals surface area contributed by atoms with E-state index in [9.17, 15) is 9.59 Å². The Hall–Kier alpha value is -3.47. The lowest BCUT2D eigenvalue weighted by Crippen LogP contribution is -2.58. The minimum Gasteiger partial charge on any atom is -0.357 e. The molecule has 4 rings (SSSR count). The van der Waals surface area contributed by atoms with Crippen LogP contribution < -0.4 is 5.32 Å². The largest absolute Gasteiger partial charge is 0.357 e. The van der Waals surface area contributed by atoms with Crippen LogP contribution in [-0.4, -0.2) is 40.8 Å². The predicted octanol–water partition coefficient (Wildman–Crippen LogP) is 3.64. The number of nitrogens with zero attached hydrogens (tertiary/aromatic N) is 2. The van der Waals surface area contributed by atoms with Crippen LogP contribution in [0.4, 0.5) is 0 Å². The minimum atomic E-state index is -0.897. The van der Waals surface area contributed by atoms with E-state index in [4.69, 9.17) is 0 Å². The third-order valence-electron chi connectivity index (χ3n) is 6.08. The average molecular weight is 414 g/mol. The zero-order chi connectivity index (χ0) is 21.7. The van der Waals surface area contributed by atoms with Gasteiger partial charge < -0.3 is 10.2 Å². The van der Waals surface area contributed by atoms with E-state index < -0.39 is 5.54 Å². The van der Waals surface area contributed by atoms with Gasteiger partial charge in [-0.1, -0.05) is 60.7 Å². The van der Waals surface area contributed by atoms with Crippen molar-refractivity contribution in [3.8, 4) is 11.1 Å². The second-order valence-electron chi connectivity index (χ2n) is 7.96. The number of nitrogens with one attached hydrogen (secondary N) is 1. The molecule has 2 heterocycles. The monoisotopic (exact) mass is 413 g/mol. The second kappa shape index (κ2) is 9.13. The number of likely N-dealkylation sites (N-methyl/N-ethyl adjacent to an activating group) is 1. The average Bonchev–Trinajstić information content (AvgIpc) is 3.25. The summed E-state index contributed by atoms with van der Waals surface area (Å²) in [6.45, 7) is 0.576. The molecule has 158 valence electrons. The summed E-state index contributed by atoms with van der Waals surface area (Å²) in [6, 6.07) is 23.9. The zero-order valence-electron chi connectivity index (χ0n) is 17.8. The highest BCUT2D eigenvalue weighted by Crippen LogP contribution is 2.36. The van der Waals surface area contributed by atoms with Gasteiger partial charge in [0.1, 0.15) is 5.54 Å². The smallest absolute Gasteiger partial charge is 0.246 e. The standard InChI is InChI=1S/C26H27N3O2/c1-27-25(31)26(15-9-17-29(26)24(30)18-22-13-7-8-16-28-22)19-21-12-5-6-14-23(21)20-10-3-2-4-11-20/h2-8,10-14,16H,9,15,17-19H2,1H3,(H,27,31). The van der Waals surface area contributed by atoms with Crippen LogP contribution in [0.1, 0.15) is 24.1 Å². The second-order valence-corrected chi connectivity index (χ2v) is 7.96. The fraction of sp³-hybridized carbons (Fsp3) is 0.269. The molecule has 1 aliphatic rings. The Bertz CT molecular complexity index is 1050. The normalized spacial score (nSPS) is 18.0. The Kier molecular flexibility index (Phi) is 6.12. The number of benzene rings is 2. The van der Waals surface area contributed by atoms with Crippen LogP contribution in [-0.2, 0) is 22.4 Å². The summed E-state index contributed by atoms with van der Waals surface area (Å²) in [5.74, 6) is -0.167. The predicted molar refractivity (Wildman–Crippen MR) is 121 cm³/mol. The highest BCUT2D eigenvalue weighted by molar-refractivity contribution is 5.93. The fourth-order valence-corrected chi connectivity index (χ4v) is 4.62. The summed E-state index contributed by atoms with van der Waals surface area (Å²) in [6.07, 6.45) is 3.80. The summed E-state index contributed by atoms with van der Waals surface area (Å²) in [4.78, 5) is 32.6. The van der Waals surface area contributed by atoms with E-state index in [0.717, 1.165) is 28.8 Å². The van der Waals surface area contributed by atoms with E-state index in [1.165, 1.54) is 0 Å². The van der Waals surface area contributed by atoms with Crippen molar-refractivity contribution in [3.63, 3.8) is 0 Å². The molecule has 1 N–H and O–H groups in total. The third kappa shape index (κ3) is 4.22. The number of carbonyl (C=O) groups is 2. The molecule has 31 heavy (non-hydrogen) atoms. The van der Waals surface area contributed by atoms with Crippen LogP contribution >= 0.6 is 0 Å². The van der Waals surface area contributed by atoms with Gasteiger partial charge in [-0.25, -0.2) is 0 Å². The van der Waals surface area contributed by atoms with E-state index in [-0.39, 0.29) is 18.2 Å². The van der Waals surface area contributed by atoms with Gasteiger partial charge in [-0.15, -0.1) is 0 Å². The third-order valence-corrected chi connectivity index (χ3v) is 6.08. The SMILES string of the molecule is CNC(=O)C1(Cc2ccccc2-c2ccccc2)CCCN1C(=O)Cc1ccccn1. The van der Waals surface area contributed by atoms with Gasteiger partial charge in [-0.3, -0.25) is 14.6 Å². The van der Waals surface area contributed by atoms with Crippen molar-refractivity contribution in [1.82, 2.24) is 15.2 Å². The Morgan fingerprint density at radius 2 is 1.74 bits per heavy atom. The first-order valence-electron chi connectivity index (χ1n) is 10.7. The van der Waals surface area contributed by atoms with Gasteiger partial charge in [0.25, 0.3) is 0 Å². The van der Waals surface area contributed by atoms with Crippen LogP contribution in [0.15, 0.2) is 79.0 Å². The van der Waals surface area contributed by atoms with Crippen molar-refractivity contribution in [1.29, 1.82) is 0 Å². The molecular formula is C26H27N3O2. The molecule has 0 spiro atoms. The van der Waals surface area contributed by atoms with Gasteiger partial charge >= 0.3 is 0 Å². The van der Waals surface area contributed by atoms with Gasteiger partial charge in [0, 0.05) is 31.9 Å². The summed E-state index contributed by atoms with van der Waals surface area (Å²) >= 11 is 0. The van der Waals surface area contributed by atoms with Crippen LogP contribution in [0.3, 0.4) is 0 Å². The number of carbonyl (C=O) groups excluding carboxylic acids is 2. The highest BCUT2D eigenvalue weighted by atomic mass is 16.2. The van der Waals surface area contributed by atoms with Crippen LogP contribution in [0.5, 0.6) is 0 Å². The van der Waals surface area contributed by atoms with Crippen LogP contribution in [0.25, 0.3) is 11.1 Å². The molecule has 0 aliphatic carbocycles. The van der Waals surface area contributed by atoms with E-state index in [1.807, 2.05) is 48.5 Å². The number of amides is 2. The maximum Gasteiger partial charge on any atom is 0.246 e. The van der Waals surface area contributed by atoms with Gasteiger partial charge in [0.05, 0.1) is 6.42 Å². The Labute approximate surface area is 183 Å². The molecule has 0 bridgehead atoms. The lowest BCUT2D eigenvalue weighted by molar-refractivity contribution is -0.144. The van der Waals surface area contributed by atoms with Gasteiger partial charge in [0.2, 0.25) is 11.8 Å². The molecule has 5 heteroatoms. The lowest BCUT2D eigenvalue weighted by atomic mass is 9.84. The topological polar surface area (TPSA) is 62.3 Å². The molecule has 1 fully saturated rings. The van der Waals surface area contributed by atoms with Crippen LogP contribution in [0.2, 0.25) is 0 Å². The van der Waals surface area contributed by atoms with E-state index >= 15 is 0 Å². The molecule has 0 saturated carbocycles. The van der Waals surface area contributed by atoms with Crippen molar-refractivity contribution in [3.05, 3.63) is 90.3 Å². The lowest BCUT2D eigenvalue weighted by Gasteiger charge is -2.37. The first kappa shape index (κ1) is 20.8. The molecule has 1 aliphatic heterocycles. The molecule has 2 aromatic carbocycles. The Balaban J connectivity index is 1.69. The quantitative estimate of drug-likeness (QED) is 0.671. The molecule has 0 radical (unpaired) electrons. The zero-order valence-corrected chi connectivity index (χ0v) is 17.8. The van der Waals surface area contributed by atoms with E-state index in [2.05, 4.69) is 34.6 Å². The van der Waals surface area contributed by atoms with Crippen molar-refractivity contribution in [2.45, 2.75) is 31.2 Å². The fourth-order valence-electron chi connectivity index (χ4n) is 4.62. The molecule has 3 aromatic rings. The van der Waals surface area contributed by atoms with Crippen molar-refractivity contribution in [2.75, 3.05) is 13.6 Å². The molecule has 1 atom stereocenters. The molecule has 2 amide bonds. The molecule has 5 nitrogen and oxygen atoms in total. The number of aromatic nitrogens is 1. The Morgan fingerprint density at radius 3 is 2.48 bits per heavy atom. The number of likely N-dealkylation sites (tertiary alicyclic amines) is 1. The number of rotatable bonds is 6. The van der Waals surface area contributed by atoms with Gasteiger partial charge in [-0.2, -0.15) is 0 Å². The summed E-state index contributed by atoms with van der Waals surface area (Å²) in [5.41, 5.74) is 3.08. The van der Waals surface area contributed by atoms with Crippen molar-refractivity contribution < 1.29 is 9.59 Å². The first-order chi connectivity index (χ1) is 15.1. The van der Waals surface area contributed by atoms with E-state index in [1.54, 1.807) is 18.1 Å². The van der Waals surface area contributed by atoms with Gasteiger partial charge in [-0.05, 0) is 41.7 Å². The van der Waals surface area contributed by atoms with Crippen molar-refractivity contribution >= 4 is 11.8 Å². The van der Waals surface area contributed by atoms with E-state index in [0.29, 0.717) is 19.4 Å². The maximum atomic E-state index is 13.3. The van der Waals surface area contributed by atoms with Gasteiger partial charge in [0.15, 0.2) is 0 Å². The van der Waals surface area contributed by atoms with Crippen molar-refractivity contribution in [2.24, 2.45) is 0 Å². The summed E-state index contributed by atoms with van der Waals surface area (Å²) in [5, 5.41) is 2.83. The number of pyridine rings is 1. The van der Waals surface area contributed by atoms with Crippen LogP contribution in [0, 0.1) is 0 Å². The number of hydrogen-bond donors (Lipinski definition) is 1. The highest BCUT2D eigenvalue weighted by Gasteiger charge is 2.49. The first-order valence-corrected chi connectivity index (χ1v) is 10.7. The molecular weight excluding hydrogens is 386 g/mol. The Morgan fingerprint density at radius 1 is 1.00 bits per heavy atom. The summed E-state index contributed by atoms with van der Waals surface area (Å²) < 4.78 is 0.